The van der Waals surface area contributed by atoms with Crippen LogP contribution < -0.4 is 15.6 Å². The van der Waals surface area contributed by atoms with Crippen LogP contribution in [-0.2, 0) is 10.0 Å². The summed E-state index contributed by atoms with van der Waals surface area (Å²) in [5.74, 6) is -0.131. The van der Waals surface area contributed by atoms with E-state index in [1.54, 1.807) is 12.1 Å². The third kappa shape index (κ3) is 3.79. The van der Waals surface area contributed by atoms with Gasteiger partial charge in [-0.2, -0.15) is 0 Å². The third-order valence-corrected chi connectivity index (χ3v) is 4.48. The van der Waals surface area contributed by atoms with Crippen LogP contribution in [0.25, 0.3) is 0 Å². The summed E-state index contributed by atoms with van der Waals surface area (Å²) in [6, 6.07) is 17.0. The summed E-state index contributed by atoms with van der Waals surface area (Å²) in [4.78, 5) is 17.3. The van der Waals surface area contributed by atoms with Gasteiger partial charge in [-0.1, -0.05) is 18.2 Å². The van der Waals surface area contributed by atoms with E-state index < -0.39 is 15.6 Å². The van der Waals surface area contributed by atoms with Gasteiger partial charge < -0.3 is 5.32 Å². The summed E-state index contributed by atoms with van der Waals surface area (Å²) in [5.41, 5.74) is 1.22. The highest BCUT2D eigenvalue weighted by atomic mass is 32.2. The Labute approximate surface area is 138 Å². The molecule has 0 fully saturated rings. The molecule has 3 N–H and O–H groups in total. The minimum Gasteiger partial charge on any atom is -0.356 e. The molecule has 0 saturated carbocycles. The van der Waals surface area contributed by atoms with Crippen LogP contribution in [0.4, 0.5) is 17.3 Å². The molecule has 3 rings (SSSR count). The van der Waals surface area contributed by atoms with Crippen molar-refractivity contribution >= 4 is 27.3 Å². The number of benzene rings is 2. The van der Waals surface area contributed by atoms with E-state index in [2.05, 4.69) is 20.0 Å². The Morgan fingerprint density at radius 3 is 2.21 bits per heavy atom. The number of hydrogen-bond acceptors (Lipinski definition) is 5. The number of nitrogens with zero attached hydrogens (tertiary/aromatic N) is 1. The Morgan fingerprint density at radius 1 is 0.875 bits per heavy atom. The first-order chi connectivity index (χ1) is 11.5. The molecule has 0 aliphatic carbocycles. The third-order valence-electron chi connectivity index (χ3n) is 3.13. The maximum atomic E-state index is 12.3. The summed E-state index contributed by atoms with van der Waals surface area (Å²) in [6.07, 6.45) is 1.23. The number of sulfonamides is 1. The van der Waals surface area contributed by atoms with Gasteiger partial charge in [0, 0.05) is 23.6 Å². The highest BCUT2D eigenvalue weighted by molar-refractivity contribution is 7.92. The fourth-order valence-corrected chi connectivity index (χ4v) is 2.98. The summed E-state index contributed by atoms with van der Waals surface area (Å²) < 4.78 is 26.8. The molecule has 7 nitrogen and oxygen atoms in total. The quantitative estimate of drug-likeness (QED) is 0.660. The van der Waals surface area contributed by atoms with Crippen LogP contribution in [0.1, 0.15) is 0 Å². The van der Waals surface area contributed by atoms with E-state index in [0.29, 0.717) is 0 Å². The zero-order valence-corrected chi connectivity index (χ0v) is 13.2. The van der Waals surface area contributed by atoms with Gasteiger partial charge in [0.2, 0.25) is 5.95 Å². The largest absolute Gasteiger partial charge is 0.356 e. The lowest BCUT2D eigenvalue weighted by Gasteiger charge is -2.09. The van der Waals surface area contributed by atoms with Crippen molar-refractivity contribution in [2.45, 2.75) is 4.90 Å². The lowest BCUT2D eigenvalue weighted by Crippen LogP contribution is -2.18. The van der Waals surface area contributed by atoms with Gasteiger partial charge in [-0.25, -0.2) is 18.1 Å². The minimum absolute atomic E-state index is 0.0626. The van der Waals surface area contributed by atoms with Gasteiger partial charge >= 0.3 is 0 Å². The van der Waals surface area contributed by atoms with E-state index >= 15 is 0 Å². The van der Waals surface area contributed by atoms with Crippen molar-refractivity contribution in [2.24, 2.45) is 0 Å². The molecule has 24 heavy (non-hydrogen) atoms. The van der Waals surface area contributed by atoms with E-state index in [1.807, 2.05) is 30.3 Å². The van der Waals surface area contributed by atoms with Crippen LogP contribution in [0, 0.1) is 0 Å². The van der Waals surface area contributed by atoms with Crippen molar-refractivity contribution in [3.63, 3.8) is 0 Å². The van der Waals surface area contributed by atoms with Crippen LogP contribution in [0.3, 0.4) is 0 Å². The van der Waals surface area contributed by atoms with E-state index in [9.17, 15) is 13.2 Å². The number of para-hydroxylation sites is 1. The summed E-state index contributed by atoms with van der Waals surface area (Å²) >= 11 is 0. The Morgan fingerprint density at radius 2 is 1.54 bits per heavy atom. The minimum atomic E-state index is -3.83. The first-order valence-electron chi connectivity index (χ1n) is 7.03. The zero-order chi connectivity index (χ0) is 17.0. The summed E-state index contributed by atoms with van der Waals surface area (Å²) in [5, 5.41) is 3.16. The molecular formula is C16H14N4O3S. The van der Waals surface area contributed by atoms with Crippen molar-refractivity contribution in [1.29, 1.82) is 0 Å². The van der Waals surface area contributed by atoms with Crippen molar-refractivity contribution < 1.29 is 8.42 Å². The molecule has 3 aromatic rings. The first-order valence-corrected chi connectivity index (χ1v) is 8.51. The smallest absolute Gasteiger partial charge is 0.264 e. The lowest BCUT2D eigenvalue weighted by molar-refractivity contribution is 0.601. The molecule has 0 saturated heterocycles. The number of aromatic amines is 1. The average Bonchev–Trinajstić information content (AvgIpc) is 2.56. The average molecular weight is 342 g/mol. The molecule has 8 heteroatoms. The molecule has 0 aliphatic heterocycles. The van der Waals surface area contributed by atoms with E-state index in [-0.39, 0.29) is 10.8 Å². The summed E-state index contributed by atoms with van der Waals surface area (Å²) in [6.45, 7) is 0. The molecule has 2 aromatic carbocycles. The summed E-state index contributed by atoms with van der Waals surface area (Å²) in [7, 11) is -3.83. The molecule has 0 unspecified atom stereocenters. The molecule has 0 bridgehead atoms. The van der Waals surface area contributed by atoms with E-state index in [4.69, 9.17) is 0 Å². The second-order valence-electron chi connectivity index (χ2n) is 4.90. The van der Waals surface area contributed by atoms with Gasteiger partial charge in [0.25, 0.3) is 15.6 Å². The fraction of sp³-hybridized carbons (Fsp3) is 0. The maximum absolute atomic E-state index is 12.3. The zero-order valence-electron chi connectivity index (χ0n) is 12.4. The highest BCUT2D eigenvalue weighted by Crippen LogP contribution is 2.19. The van der Waals surface area contributed by atoms with Crippen molar-refractivity contribution in [2.75, 3.05) is 10.0 Å². The molecule has 0 aliphatic rings. The Hall–Kier alpha value is -3.13. The van der Waals surface area contributed by atoms with Gasteiger partial charge in [0.15, 0.2) is 0 Å². The topological polar surface area (TPSA) is 104 Å². The standard InChI is InChI=1S/C16H14N4O3S/c21-15-10-11-17-16(19-15)20-24(22,23)14-8-6-13(7-9-14)18-12-4-2-1-3-5-12/h1-11,18H,(H2,17,19,20,21). The van der Waals surface area contributed by atoms with Crippen molar-refractivity contribution in [1.82, 2.24) is 9.97 Å². The normalized spacial score (nSPS) is 11.0. The molecule has 0 radical (unpaired) electrons. The first kappa shape index (κ1) is 15.8. The predicted molar refractivity (Wildman–Crippen MR) is 91.8 cm³/mol. The van der Waals surface area contributed by atoms with Crippen LogP contribution >= 0.6 is 0 Å². The van der Waals surface area contributed by atoms with Crippen LogP contribution in [0.5, 0.6) is 0 Å². The predicted octanol–water partition coefficient (Wildman–Crippen LogP) is 2.31. The highest BCUT2D eigenvalue weighted by Gasteiger charge is 2.15. The number of H-pyrrole nitrogens is 1. The van der Waals surface area contributed by atoms with E-state index in [1.165, 1.54) is 24.4 Å². The molecule has 1 aromatic heterocycles. The van der Waals surface area contributed by atoms with E-state index in [0.717, 1.165) is 11.4 Å². The number of anilines is 3. The fourth-order valence-electron chi connectivity index (χ4n) is 2.01. The van der Waals surface area contributed by atoms with Gasteiger partial charge in [0.1, 0.15) is 0 Å². The van der Waals surface area contributed by atoms with Crippen LogP contribution in [0.15, 0.2) is 76.6 Å². The lowest BCUT2D eigenvalue weighted by atomic mass is 10.3. The SMILES string of the molecule is O=c1ccnc(NS(=O)(=O)c2ccc(Nc3ccccc3)cc2)[nH]1. The number of rotatable bonds is 5. The Kier molecular flexibility index (Phi) is 4.30. The molecule has 0 amide bonds. The van der Waals surface area contributed by atoms with Crippen molar-refractivity contribution in [3.8, 4) is 0 Å². The Balaban J connectivity index is 1.78. The number of nitrogens with one attached hydrogen (secondary N) is 3. The molecule has 0 atom stereocenters. The number of aromatic nitrogens is 2. The van der Waals surface area contributed by atoms with Crippen LogP contribution in [0.2, 0.25) is 0 Å². The van der Waals surface area contributed by atoms with Gasteiger partial charge in [-0.05, 0) is 36.4 Å². The molecular weight excluding hydrogens is 328 g/mol. The Bertz CT molecular complexity index is 984. The van der Waals surface area contributed by atoms with Crippen molar-refractivity contribution in [3.05, 3.63) is 77.2 Å². The van der Waals surface area contributed by atoms with Gasteiger partial charge in [0.05, 0.1) is 4.90 Å². The maximum Gasteiger partial charge on any atom is 0.264 e. The second-order valence-corrected chi connectivity index (χ2v) is 6.59. The number of hydrogen-bond donors (Lipinski definition) is 3. The monoisotopic (exact) mass is 342 g/mol. The van der Waals surface area contributed by atoms with Gasteiger partial charge in [-0.3, -0.25) is 9.78 Å². The van der Waals surface area contributed by atoms with Crippen LogP contribution in [-0.4, -0.2) is 18.4 Å². The van der Waals surface area contributed by atoms with Gasteiger partial charge in [-0.15, -0.1) is 0 Å². The molecule has 0 spiro atoms. The molecule has 1 heterocycles. The second kappa shape index (κ2) is 6.55. The molecule has 122 valence electrons.